The Hall–Kier alpha value is -6.48. The van der Waals surface area contributed by atoms with Gasteiger partial charge in [0, 0.05) is 37.2 Å². The summed E-state index contributed by atoms with van der Waals surface area (Å²) in [7, 11) is 0. The van der Waals surface area contributed by atoms with Crippen molar-refractivity contribution in [1.82, 2.24) is 0 Å². The van der Waals surface area contributed by atoms with E-state index in [1.165, 1.54) is 75.1 Å². The first-order valence-corrected chi connectivity index (χ1v) is 18.6. The molecule has 1 nitrogen and oxygen atoms in total. The average molecular weight is 680 g/mol. The molecular weight excluding hydrogens is 647 g/mol. The van der Waals surface area contributed by atoms with E-state index in [0.717, 1.165) is 17.1 Å². The second-order valence-corrected chi connectivity index (χ2v) is 14.5. The number of rotatable bonds is 6. The molecule has 0 aliphatic heterocycles. The molecule has 10 aromatic rings. The third-order valence-electron chi connectivity index (χ3n) is 10.2. The van der Waals surface area contributed by atoms with Crippen molar-refractivity contribution in [2.24, 2.45) is 0 Å². The van der Waals surface area contributed by atoms with Gasteiger partial charge in [-0.1, -0.05) is 140 Å². The molecule has 0 saturated heterocycles. The van der Waals surface area contributed by atoms with Crippen molar-refractivity contribution in [3.05, 3.63) is 200 Å². The molecule has 1 heterocycles. The second kappa shape index (κ2) is 12.7. The number of fused-ring (bicyclic) bond motifs is 6. The Morgan fingerprint density at radius 1 is 0.288 bits per heavy atom. The molecule has 0 fully saturated rings. The summed E-state index contributed by atoms with van der Waals surface area (Å²) in [6, 6.07) is 72.9. The van der Waals surface area contributed by atoms with Crippen LogP contribution in [0, 0.1) is 0 Å². The summed E-state index contributed by atoms with van der Waals surface area (Å²) in [5.41, 5.74) is 10.6. The quantitative estimate of drug-likeness (QED) is 0.169. The van der Waals surface area contributed by atoms with Crippen LogP contribution >= 0.6 is 11.3 Å². The van der Waals surface area contributed by atoms with Crippen molar-refractivity contribution in [2.75, 3.05) is 4.90 Å². The number of hydrogen-bond donors (Lipinski definition) is 0. The van der Waals surface area contributed by atoms with Gasteiger partial charge in [-0.2, -0.15) is 0 Å². The van der Waals surface area contributed by atoms with Crippen LogP contribution in [0.25, 0.3) is 75.1 Å². The standard InChI is InChI=1S/C50H33NS/c1-2-9-34(10-3-1)39-13-8-14-45(33-39)51(43-25-19-36(20-26-43)40-18-17-35-11-4-5-12-38(35)31-40)44-27-21-37(22-28-44)41-23-29-46-42(32-41)24-30-49-50(46)47-15-6-7-16-48(47)52-49/h1-33H. The number of anilines is 3. The van der Waals surface area contributed by atoms with E-state index in [4.69, 9.17) is 0 Å². The summed E-state index contributed by atoms with van der Waals surface area (Å²) in [6.07, 6.45) is 0. The smallest absolute Gasteiger partial charge is 0.0467 e. The molecule has 0 aliphatic carbocycles. The largest absolute Gasteiger partial charge is 0.310 e. The minimum absolute atomic E-state index is 1.11. The number of hydrogen-bond acceptors (Lipinski definition) is 2. The Balaban J connectivity index is 1.03. The molecule has 1 aromatic heterocycles. The number of benzene rings is 9. The van der Waals surface area contributed by atoms with Gasteiger partial charge < -0.3 is 4.90 Å². The van der Waals surface area contributed by atoms with Crippen LogP contribution in [0.1, 0.15) is 0 Å². The van der Waals surface area contributed by atoms with E-state index in [1.54, 1.807) is 0 Å². The van der Waals surface area contributed by atoms with Gasteiger partial charge in [0.1, 0.15) is 0 Å². The summed E-state index contributed by atoms with van der Waals surface area (Å²) < 4.78 is 2.68. The third kappa shape index (κ3) is 5.42. The Kier molecular flexibility index (Phi) is 7.41. The maximum Gasteiger partial charge on any atom is 0.0467 e. The molecule has 52 heavy (non-hydrogen) atoms. The van der Waals surface area contributed by atoms with Crippen LogP contribution < -0.4 is 4.90 Å². The number of nitrogens with zero attached hydrogens (tertiary/aromatic N) is 1. The molecule has 0 bridgehead atoms. The molecule has 0 N–H and O–H groups in total. The summed E-state index contributed by atoms with van der Waals surface area (Å²) in [5, 5.41) is 7.79. The Labute approximate surface area is 307 Å². The maximum absolute atomic E-state index is 2.36. The van der Waals surface area contributed by atoms with Gasteiger partial charge in [-0.15, -0.1) is 11.3 Å². The zero-order valence-corrected chi connectivity index (χ0v) is 29.2. The lowest BCUT2D eigenvalue weighted by Gasteiger charge is -2.26. The molecule has 0 radical (unpaired) electrons. The highest BCUT2D eigenvalue weighted by Gasteiger charge is 2.15. The van der Waals surface area contributed by atoms with E-state index in [2.05, 4.69) is 205 Å². The first-order chi connectivity index (χ1) is 25.7. The van der Waals surface area contributed by atoms with Crippen molar-refractivity contribution in [3.8, 4) is 33.4 Å². The lowest BCUT2D eigenvalue weighted by molar-refractivity contribution is 1.28. The van der Waals surface area contributed by atoms with Gasteiger partial charge in [0.05, 0.1) is 0 Å². The summed E-state index contributed by atoms with van der Waals surface area (Å²) in [5.74, 6) is 0. The molecule has 0 amide bonds. The molecule has 9 aromatic carbocycles. The molecule has 10 rings (SSSR count). The zero-order chi connectivity index (χ0) is 34.4. The van der Waals surface area contributed by atoms with Crippen molar-refractivity contribution >= 4 is 70.1 Å². The van der Waals surface area contributed by atoms with Crippen molar-refractivity contribution in [2.45, 2.75) is 0 Å². The fraction of sp³-hybridized carbons (Fsp3) is 0. The normalized spacial score (nSPS) is 11.5. The predicted octanol–water partition coefficient (Wildman–Crippen LogP) is 14.8. The van der Waals surface area contributed by atoms with Gasteiger partial charge in [0.25, 0.3) is 0 Å². The molecule has 0 spiro atoms. The molecular formula is C50H33NS. The fourth-order valence-corrected chi connectivity index (χ4v) is 8.73. The van der Waals surface area contributed by atoms with Crippen molar-refractivity contribution < 1.29 is 0 Å². The first-order valence-electron chi connectivity index (χ1n) is 17.7. The van der Waals surface area contributed by atoms with E-state index in [-0.39, 0.29) is 0 Å². The second-order valence-electron chi connectivity index (χ2n) is 13.4. The minimum atomic E-state index is 1.11. The van der Waals surface area contributed by atoms with Gasteiger partial charge in [0.2, 0.25) is 0 Å². The van der Waals surface area contributed by atoms with Crippen LogP contribution in [0.3, 0.4) is 0 Å². The third-order valence-corrected chi connectivity index (χ3v) is 11.4. The Bertz CT molecular complexity index is 2890. The predicted molar refractivity (Wildman–Crippen MR) is 225 cm³/mol. The van der Waals surface area contributed by atoms with E-state index >= 15 is 0 Å². The minimum Gasteiger partial charge on any atom is -0.310 e. The highest BCUT2D eigenvalue weighted by Crippen LogP contribution is 2.41. The van der Waals surface area contributed by atoms with Crippen LogP contribution in [0.2, 0.25) is 0 Å². The molecule has 244 valence electrons. The van der Waals surface area contributed by atoms with Crippen LogP contribution in [0.5, 0.6) is 0 Å². The van der Waals surface area contributed by atoms with E-state index in [0.29, 0.717) is 0 Å². The molecule has 0 atom stereocenters. The molecule has 2 heteroatoms. The topological polar surface area (TPSA) is 3.24 Å². The van der Waals surface area contributed by atoms with Gasteiger partial charge in [0.15, 0.2) is 0 Å². The van der Waals surface area contributed by atoms with E-state index in [9.17, 15) is 0 Å². The first kappa shape index (κ1) is 30.4. The molecule has 0 unspecified atom stereocenters. The van der Waals surface area contributed by atoms with Crippen molar-refractivity contribution in [3.63, 3.8) is 0 Å². The Morgan fingerprint density at radius 3 is 1.62 bits per heavy atom. The monoisotopic (exact) mass is 679 g/mol. The lowest BCUT2D eigenvalue weighted by atomic mass is 9.98. The summed E-state index contributed by atoms with van der Waals surface area (Å²) >= 11 is 1.87. The maximum atomic E-state index is 2.36. The fourth-order valence-electron chi connectivity index (χ4n) is 7.61. The van der Waals surface area contributed by atoms with Crippen LogP contribution in [-0.2, 0) is 0 Å². The highest BCUT2D eigenvalue weighted by molar-refractivity contribution is 7.26. The van der Waals surface area contributed by atoms with Gasteiger partial charge >= 0.3 is 0 Å². The summed E-state index contributed by atoms with van der Waals surface area (Å²) in [6.45, 7) is 0. The van der Waals surface area contributed by atoms with Gasteiger partial charge in [-0.3, -0.25) is 0 Å². The van der Waals surface area contributed by atoms with Crippen LogP contribution in [-0.4, -0.2) is 0 Å². The van der Waals surface area contributed by atoms with Gasteiger partial charge in [-0.25, -0.2) is 0 Å². The number of thiophene rings is 1. The lowest BCUT2D eigenvalue weighted by Crippen LogP contribution is -2.10. The molecule has 0 aliphatic rings. The molecule has 0 saturated carbocycles. The van der Waals surface area contributed by atoms with Crippen LogP contribution in [0.4, 0.5) is 17.1 Å². The highest BCUT2D eigenvalue weighted by atomic mass is 32.1. The summed E-state index contributed by atoms with van der Waals surface area (Å²) in [4.78, 5) is 2.36. The average Bonchev–Trinajstić information content (AvgIpc) is 3.61. The van der Waals surface area contributed by atoms with E-state index in [1.807, 2.05) is 11.3 Å². The Morgan fingerprint density at radius 2 is 0.846 bits per heavy atom. The van der Waals surface area contributed by atoms with Crippen molar-refractivity contribution in [1.29, 1.82) is 0 Å². The zero-order valence-electron chi connectivity index (χ0n) is 28.4. The van der Waals surface area contributed by atoms with Crippen LogP contribution in [0.15, 0.2) is 200 Å². The van der Waals surface area contributed by atoms with E-state index < -0.39 is 0 Å². The SMILES string of the molecule is c1ccc(-c2cccc(N(c3ccc(-c4ccc5ccccc5c4)cc3)c3ccc(-c4ccc5c(ccc6sc7ccccc7c65)c4)cc3)c2)cc1. The van der Waals surface area contributed by atoms with Gasteiger partial charge in [-0.05, 0) is 116 Å².